The lowest BCUT2D eigenvalue weighted by Gasteiger charge is -2.25. The second-order valence-corrected chi connectivity index (χ2v) is 7.90. The average molecular weight is 405 g/mol. The van der Waals surface area contributed by atoms with E-state index in [1.54, 1.807) is 6.08 Å². The van der Waals surface area contributed by atoms with E-state index in [1.807, 2.05) is 77.7 Å². The summed E-state index contributed by atoms with van der Waals surface area (Å²) < 4.78 is 0. The zero-order chi connectivity index (χ0) is 21.2. The van der Waals surface area contributed by atoms with Gasteiger partial charge in [-0.05, 0) is 36.6 Å². The smallest absolute Gasteiger partial charge is 0.251 e. The van der Waals surface area contributed by atoms with Crippen molar-refractivity contribution in [3.63, 3.8) is 0 Å². The molecule has 1 amide bonds. The van der Waals surface area contributed by atoms with Crippen LogP contribution in [0.2, 0.25) is 0 Å². The first-order chi connectivity index (χ1) is 15.2. The molecule has 152 valence electrons. The minimum absolute atomic E-state index is 0.00246. The molecular formula is C28H24N2O. The second-order valence-electron chi connectivity index (χ2n) is 7.90. The van der Waals surface area contributed by atoms with Crippen LogP contribution < -0.4 is 4.90 Å². The number of fused-ring (bicyclic) bond motifs is 2. The maximum Gasteiger partial charge on any atom is 0.251 e. The first-order valence-corrected chi connectivity index (χ1v) is 10.6. The van der Waals surface area contributed by atoms with Crippen LogP contribution in [0.3, 0.4) is 0 Å². The fourth-order valence-corrected chi connectivity index (χ4v) is 4.57. The molecule has 31 heavy (non-hydrogen) atoms. The monoisotopic (exact) mass is 404 g/mol. The van der Waals surface area contributed by atoms with Crippen LogP contribution in [0, 0.1) is 6.92 Å². The lowest BCUT2D eigenvalue weighted by molar-refractivity contribution is -0.114. The Morgan fingerprint density at radius 3 is 2.55 bits per heavy atom. The maximum absolute atomic E-state index is 13.4. The number of nitrogens with one attached hydrogen (secondary N) is 1. The Balaban J connectivity index is 1.49. The van der Waals surface area contributed by atoms with E-state index in [-0.39, 0.29) is 11.9 Å². The van der Waals surface area contributed by atoms with Gasteiger partial charge in [0.25, 0.3) is 5.91 Å². The van der Waals surface area contributed by atoms with Gasteiger partial charge in [0, 0.05) is 33.9 Å². The molecule has 0 saturated carbocycles. The van der Waals surface area contributed by atoms with Crippen molar-refractivity contribution in [1.82, 2.24) is 4.98 Å². The lowest BCUT2D eigenvalue weighted by atomic mass is 9.99. The number of para-hydroxylation sites is 2. The van der Waals surface area contributed by atoms with Crippen LogP contribution in [-0.4, -0.2) is 10.9 Å². The van der Waals surface area contributed by atoms with Gasteiger partial charge in [0.05, 0.1) is 6.04 Å². The summed E-state index contributed by atoms with van der Waals surface area (Å²) in [5.41, 5.74) is 6.74. The van der Waals surface area contributed by atoms with Crippen molar-refractivity contribution in [2.24, 2.45) is 0 Å². The van der Waals surface area contributed by atoms with Gasteiger partial charge in [0.2, 0.25) is 0 Å². The summed E-state index contributed by atoms with van der Waals surface area (Å²) >= 11 is 0. The SMILES string of the molecule is Cc1[nH]c2ccccc2c1C1Cc2ccccc2N1C(=O)/C=C/C=C/c1ccccc1. The highest BCUT2D eigenvalue weighted by Crippen LogP contribution is 2.43. The van der Waals surface area contributed by atoms with Crippen molar-refractivity contribution in [3.8, 4) is 0 Å². The molecule has 1 unspecified atom stereocenters. The third-order valence-corrected chi connectivity index (χ3v) is 5.93. The number of benzene rings is 3. The van der Waals surface area contributed by atoms with Crippen molar-refractivity contribution in [3.05, 3.63) is 119 Å². The average Bonchev–Trinajstić information content (AvgIpc) is 3.33. The highest BCUT2D eigenvalue weighted by atomic mass is 16.2. The zero-order valence-corrected chi connectivity index (χ0v) is 17.5. The van der Waals surface area contributed by atoms with Crippen LogP contribution in [0.4, 0.5) is 5.69 Å². The number of carbonyl (C=O) groups excluding carboxylic acids is 1. The summed E-state index contributed by atoms with van der Waals surface area (Å²) in [7, 11) is 0. The van der Waals surface area contributed by atoms with Gasteiger partial charge in [-0.25, -0.2) is 0 Å². The molecule has 3 aromatic carbocycles. The summed E-state index contributed by atoms with van der Waals surface area (Å²) in [4.78, 5) is 18.8. The molecule has 3 nitrogen and oxygen atoms in total. The number of hydrogen-bond acceptors (Lipinski definition) is 1. The zero-order valence-electron chi connectivity index (χ0n) is 17.5. The third-order valence-electron chi connectivity index (χ3n) is 5.93. The predicted molar refractivity (Wildman–Crippen MR) is 128 cm³/mol. The van der Waals surface area contributed by atoms with Crippen molar-refractivity contribution in [2.45, 2.75) is 19.4 Å². The number of nitrogens with zero attached hydrogens (tertiary/aromatic N) is 1. The van der Waals surface area contributed by atoms with E-state index in [0.29, 0.717) is 0 Å². The van der Waals surface area contributed by atoms with Crippen LogP contribution in [0.15, 0.2) is 97.1 Å². The third kappa shape index (κ3) is 3.59. The normalized spacial score (nSPS) is 15.9. The Morgan fingerprint density at radius 1 is 0.935 bits per heavy atom. The minimum atomic E-state index is -0.0243. The van der Waals surface area contributed by atoms with Gasteiger partial charge in [-0.1, -0.05) is 85.0 Å². The number of amides is 1. The predicted octanol–water partition coefficient (Wildman–Crippen LogP) is 6.38. The standard InChI is InChI=1S/C28H24N2O/c1-20-28(23-15-7-8-16-24(23)29-20)26-19-22-14-6-9-17-25(22)30(26)27(31)18-10-5-13-21-11-3-2-4-12-21/h2-18,26,29H,19H2,1H3/b13-5+,18-10+. The van der Waals surface area contributed by atoms with E-state index >= 15 is 0 Å². The van der Waals surface area contributed by atoms with E-state index in [2.05, 4.69) is 36.2 Å². The van der Waals surface area contributed by atoms with Crippen LogP contribution in [-0.2, 0) is 11.2 Å². The number of anilines is 1. The molecule has 0 fully saturated rings. The summed E-state index contributed by atoms with van der Waals surface area (Å²) in [6.07, 6.45) is 8.23. The Labute approximate surface area is 182 Å². The molecule has 0 spiro atoms. The molecule has 1 atom stereocenters. The molecule has 4 aromatic rings. The number of carbonyl (C=O) groups is 1. The van der Waals surface area contributed by atoms with Gasteiger partial charge < -0.3 is 9.88 Å². The van der Waals surface area contributed by atoms with E-state index in [4.69, 9.17) is 0 Å². The molecule has 0 bridgehead atoms. The second kappa shape index (κ2) is 8.11. The number of aryl methyl sites for hydroxylation is 1. The number of H-pyrrole nitrogens is 1. The number of aromatic nitrogens is 1. The highest BCUT2D eigenvalue weighted by molar-refractivity contribution is 6.04. The quantitative estimate of drug-likeness (QED) is 0.311. The van der Waals surface area contributed by atoms with E-state index < -0.39 is 0 Å². The molecular weight excluding hydrogens is 380 g/mol. The van der Waals surface area contributed by atoms with Crippen LogP contribution >= 0.6 is 0 Å². The van der Waals surface area contributed by atoms with Crippen molar-refractivity contribution < 1.29 is 4.79 Å². The van der Waals surface area contributed by atoms with Gasteiger partial charge in [-0.2, -0.15) is 0 Å². The van der Waals surface area contributed by atoms with Gasteiger partial charge in [-0.15, -0.1) is 0 Å². The van der Waals surface area contributed by atoms with Crippen LogP contribution in [0.5, 0.6) is 0 Å². The molecule has 5 rings (SSSR count). The van der Waals surface area contributed by atoms with Crippen LogP contribution in [0.1, 0.15) is 28.4 Å². The number of rotatable bonds is 4. The summed E-state index contributed by atoms with van der Waals surface area (Å²) in [5.74, 6) is -0.00246. The summed E-state index contributed by atoms with van der Waals surface area (Å²) in [6.45, 7) is 2.10. The first-order valence-electron chi connectivity index (χ1n) is 10.6. The number of hydrogen-bond donors (Lipinski definition) is 1. The van der Waals surface area contributed by atoms with Gasteiger partial charge in [0.1, 0.15) is 0 Å². The minimum Gasteiger partial charge on any atom is -0.358 e. The molecule has 2 heterocycles. The summed E-state index contributed by atoms with van der Waals surface area (Å²) in [5, 5.41) is 1.18. The fraction of sp³-hybridized carbons (Fsp3) is 0.107. The number of aromatic amines is 1. The Hall–Kier alpha value is -3.85. The Morgan fingerprint density at radius 2 is 1.68 bits per heavy atom. The Bertz CT molecular complexity index is 1300. The molecule has 3 heteroatoms. The van der Waals surface area contributed by atoms with Gasteiger partial charge in [-0.3, -0.25) is 4.79 Å². The Kier molecular flexibility index (Phi) is 5.01. The largest absolute Gasteiger partial charge is 0.358 e. The highest BCUT2D eigenvalue weighted by Gasteiger charge is 2.35. The van der Waals surface area contributed by atoms with E-state index in [1.165, 1.54) is 16.5 Å². The molecule has 1 aromatic heterocycles. The van der Waals surface area contributed by atoms with Crippen LogP contribution in [0.25, 0.3) is 17.0 Å². The van der Waals surface area contributed by atoms with E-state index in [0.717, 1.165) is 28.9 Å². The molecule has 1 aliphatic rings. The molecule has 0 radical (unpaired) electrons. The van der Waals surface area contributed by atoms with Crippen molar-refractivity contribution >= 4 is 28.6 Å². The molecule has 1 aliphatic heterocycles. The summed E-state index contributed by atoms with van der Waals surface area (Å²) in [6, 6.07) is 26.6. The van der Waals surface area contributed by atoms with Gasteiger partial charge in [0.15, 0.2) is 0 Å². The molecule has 0 aliphatic carbocycles. The lowest BCUT2D eigenvalue weighted by Crippen LogP contribution is -2.31. The molecule has 0 saturated heterocycles. The van der Waals surface area contributed by atoms with Gasteiger partial charge >= 0.3 is 0 Å². The maximum atomic E-state index is 13.4. The van der Waals surface area contributed by atoms with Crippen molar-refractivity contribution in [1.29, 1.82) is 0 Å². The number of allylic oxidation sites excluding steroid dienone is 2. The fourth-order valence-electron chi connectivity index (χ4n) is 4.57. The topological polar surface area (TPSA) is 36.1 Å². The first kappa shape index (κ1) is 19.1. The van der Waals surface area contributed by atoms with Crippen molar-refractivity contribution in [2.75, 3.05) is 4.90 Å². The molecule has 1 N–H and O–H groups in total. The van der Waals surface area contributed by atoms with E-state index in [9.17, 15) is 4.79 Å².